The summed E-state index contributed by atoms with van der Waals surface area (Å²) < 4.78 is 33.8. The monoisotopic (exact) mass is 533 g/mol. The molecular formula is C23H31N7O4S2. The molecule has 36 heavy (non-hydrogen) atoms. The van der Waals surface area contributed by atoms with E-state index in [4.69, 9.17) is 4.74 Å². The molecule has 4 N–H and O–H groups in total. The van der Waals surface area contributed by atoms with Crippen molar-refractivity contribution >= 4 is 39.0 Å². The third-order valence-corrected chi connectivity index (χ3v) is 8.50. The Morgan fingerprint density at radius 2 is 1.97 bits per heavy atom. The summed E-state index contributed by atoms with van der Waals surface area (Å²) in [5, 5.41) is 22.9. The Morgan fingerprint density at radius 3 is 2.64 bits per heavy atom. The molecule has 11 nitrogen and oxygen atoms in total. The Kier molecular flexibility index (Phi) is 8.21. The zero-order chi connectivity index (χ0) is 25.7. The number of sulfonamides is 1. The molecule has 0 radical (unpaired) electrons. The van der Waals surface area contributed by atoms with Crippen LogP contribution in [0.5, 0.6) is 0 Å². The minimum atomic E-state index is -3.76. The number of nitrogens with one attached hydrogen (secondary N) is 4. The molecule has 1 aliphatic rings. The number of ether oxygens (including phenoxy) is 1. The van der Waals surface area contributed by atoms with Crippen molar-refractivity contribution in [3.05, 3.63) is 35.5 Å². The molecule has 1 amide bonds. The number of alkyl carbamates (subject to hydrolysis) is 1. The molecule has 0 saturated heterocycles. The number of carbonyl (C=O) groups is 1. The maximum atomic E-state index is 13.0. The van der Waals surface area contributed by atoms with Crippen LogP contribution in [0.15, 0.2) is 35.4 Å². The zero-order valence-corrected chi connectivity index (χ0v) is 22.1. The van der Waals surface area contributed by atoms with Gasteiger partial charge in [-0.15, -0.1) is 10.2 Å². The third-order valence-electron chi connectivity index (χ3n) is 5.80. The van der Waals surface area contributed by atoms with Crippen LogP contribution in [0.3, 0.4) is 0 Å². The first-order chi connectivity index (χ1) is 17.2. The van der Waals surface area contributed by atoms with Crippen molar-refractivity contribution in [1.29, 1.82) is 0 Å². The molecule has 2 heterocycles. The van der Waals surface area contributed by atoms with Gasteiger partial charge in [-0.25, -0.2) is 17.9 Å². The maximum absolute atomic E-state index is 13.0. The number of benzene rings is 1. The van der Waals surface area contributed by atoms with Crippen LogP contribution in [0.4, 0.5) is 16.3 Å². The first kappa shape index (κ1) is 26.0. The predicted molar refractivity (Wildman–Crippen MR) is 138 cm³/mol. The molecule has 0 bridgehead atoms. The number of hydrogen-bond acceptors (Lipinski definition) is 9. The van der Waals surface area contributed by atoms with Crippen LogP contribution in [0.2, 0.25) is 0 Å². The second-order valence-electron chi connectivity index (χ2n) is 8.90. The van der Waals surface area contributed by atoms with Crippen LogP contribution in [-0.2, 0) is 14.8 Å². The fraction of sp³-hybridized carbons (Fsp3) is 0.478. The number of aromatic amines is 1. The summed E-state index contributed by atoms with van der Waals surface area (Å²) in [5.41, 5.74) is 1.10. The molecule has 3 aromatic rings. The SMILES string of the molecule is CCNS(=O)(=O)c1cc(Nc2ccn[nH]2)ccc1-c1nnc(C2CCC(NC(=O)OC(C)C)CC2)s1. The largest absolute Gasteiger partial charge is 0.447 e. The second kappa shape index (κ2) is 11.4. The van der Waals surface area contributed by atoms with Crippen LogP contribution in [0.25, 0.3) is 10.6 Å². The highest BCUT2D eigenvalue weighted by molar-refractivity contribution is 7.89. The molecule has 2 aromatic heterocycles. The molecule has 1 aromatic carbocycles. The van der Waals surface area contributed by atoms with Crippen LogP contribution >= 0.6 is 11.3 Å². The summed E-state index contributed by atoms with van der Waals surface area (Å²) in [7, 11) is -3.76. The smallest absolute Gasteiger partial charge is 0.407 e. The number of rotatable bonds is 9. The van der Waals surface area contributed by atoms with E-state index in [0.717, 1.165) is 30.7 Å². The van der Waals surface area contributed by atoms with E-state index >= 15 is 0 Å². The van der Waals surface area contributed by atoms with Crippen molar-refractivity contribution in [3.8, 4) is 10.6 Å². The lowest BCUT2D eigenvalue weighted by Crippen LogP contribution is -2.38. The molecule has 13 heteroatoms. The first-order valence-corrected chi connectivity index (χ1v) is 14.3. The van der Waals surface area contributed by atoms with Crippen molar-refractivity contribution < 1.29 is 17.9 Å². The van der Waals surface area contributed by atoms with Gasteiger partial charge < -0.3 is 15.4 Å². The van der Waals surface area contributed by atoms with Gasteiger partial charge >= 0.3 is 6.09 Å². The van der Waals surface area contributed by atoms with Gasteiger partial charge in [0.2, 0.25) is 10.0 Å². The van der Waals surface area contributed by atoms with E-state index in [9.17, 15) is 13.2 Å². The van der Waals surface area contributed by atoms with E-state index < -0.39 is 10.0 Å². The quantitative estimate of drug-likeness (QED) is 0.320. The van der Waals surface area contributed by atoms with E-state index in [2.05, 4.69) is 35.8 Å². The Balaban J connectivity index is 1.51. The second-order valence-corrected chi connectivity index (χ2v) is 11.6. The summed E-state index contributed by atoms with van der Waals surface area (Å²) in [4.78, 5) is 12.0. The molecule has 0 spiro atoms. The Morgan fingerprint density at radius 1 is 1.19 bits per heavy atom. The predicted octanol–water partition coefficient (Wildman–Crippen LogP) is 4.13. The van der Waals surface area contributed by atoms with Gasteiger partial charge in [-0.1, -0.05) is 18.3 Å². The van der Waals surface area contributed by atoms with E-state index in [0.29, 0.717) is 22.1 Å². The number of aromatic nitrogens is 4. The molecular weight excluding hydrogens is 502 g/mol. The number of H-pyrrole nitrogens is 1. The molecule has 0 unspecified atom stereocenters. The third kappa shape index (κ3) is 6.39. The Bertz CT molecular complexity index is 1270. The Hall–Kier alpha value is -3.03. The number of nitrogens with zero attached hydrogens (tertiary/aromatic N) is 3. The molecule has 1 aliphatic carbocycles. The Labute approximate surface area is 214 Å². The summed E-state index contributed by atoms with van der Waals surface area (Å²) in [6.07, 6.45) is 4.43. The zero-order valence-electron chi connectivity index (χ0n) is 20.4. The van der Waals surface area contributed by atoms with Crippen LogP contribution in [0, 0.1) is 0 Å². The van der Waals surface area contributed by atoms with Gasteiger partial charge in [0, 0.05) is 35.8 Å². The van der Waals surface area contributed by atoms with Gasteiger partial charge in [0.25, 0.3) is 0 Å². The van der Waals surface area contributed by atoms with Crippen molar-refractivity contribution in [3.63, 3.8) is 0 Å². The topological polar surface area (TPSA) is 151 Å². The minimum Gasteiger partial charge on any atom is -0.447 e. The summed E-state index contributed by atoms with van der Waals surface area (Å²) in [5.74, 6) is 0.862. The van der Waals surface area contributed by atoms with Gasteiger partial charge in [-0.2, -0.15) is 5.10 Å². The minimum absolute atomic E-state index is 0.0756. The van der Waals surface area contributed by atoms with Crippen LogP contribution in [0.1, 0.15) is 57.4 Å². The van der Waals surface area contributed by atoms with Gasteiger partial charge in [0.05, 0.1) is 17.2 Å². The van der Waals surface area contributed by atoms with Gasteiger partial charge in [-0.05, 0) is 57.7 Å². The van der Waals surface area contributed by atoms with Crippen LogP contribution in [-0.4, -0.2) is 53.6 Å². The van der Waals surface area contributed by atoms with E-state index in [1.807, 2.05) is 13.8 Å². The van der Waals surface area contributed by atoms with Gasteiger partial charge in [-0.3, -0.25) is 5.10 Å². The lowest BCUT2D eigenvalue weighted by Gasteiger charge is -2.27. The summed E-state index contributed by atoms with van der Waals surface area (Å²) >= 11 is 1.41. The maximum Gasteiger partial charge on any atom is 0.407 e. The number of carbonyl (C=O) groups excluding carboxylic acids is 1. The summed E-state index contributed by atoms with van der Waals surface area (Å²) in [6.45, 7) is 5.65. The lowest BCUT2D eigenvalue weighted by atomic mass is 9.86. The average Bonchev–Trinajstić information content (AvgIpc) is 3.51. The fourth-order valence-corrected chi connectivity index (χ4v) is 6.54. The van der Waals surface area contributed by atoms with Gasteiger partial charge in [0.15, 0.2) is 0 Å². The molecule has 1 fully saturated rings. The normalized spacial score (nSPS) is 18.2. The van der Waals surface area contributed by atoms with Gasteiger partial charge in [0.1, 0.15) is 15.8 Å². The number of amides is 1. The lowest BCUT2D eigenvalue weighted by molar-refractivity contribution is 0.109. The van der Waals surface area contributed by atoms with Crippen molar-refractivity contribution in [2.24, 2.45) is 0 Å². The molecule has 194 valence electrons. The van der Waals surface area contributed by atoms with Crippen LogP contribution < -0.4 is 15.4 Å². The van der Waals surface area contributed by atoms with Crippen molar-refractivity contribution in [2.75, 3.05) is 11.9 Å². The summed E-state index contributed by atoms with van der Waals surface area (Å²) in [6, 6.07) is 6.96. The van der Waals surface area contributed by atoms with Crippen molar-refractivity contribution in [1.82, 2.24) is 30.4 Å². The number of anilines is 2. The molecule has 1 saturated carbocycles. The fourth-order valence-electron chi connectivity index (χ4n) is 4.16. The molecule has 0 atom stereocenters. The highest BCUT2D eigenvalue weighted by Crippen LogP contribution is 2.38. The average molecular weight is 534 g/mol. The molecule has 0 aliphatic heterocycles. The molecule has 4 rings (SSSR count). The van der Waals surface area contributed by atoms with Crippen molar-refractivity contribution in [2.45, 2.75) is 69.4 Å². The first-order valence-electron chi connectivity index (χ1n) is 12.0. The highest BCUT2D eigenvalue weighted by atomic mass is 32.2. The highest BCUT2D eigenvalue weighted by Gasteiger charge is 2.28. The van der Waals surface area contributed by atoms with E-state index in [-0.39, 0.29) is 35.6 Å². The standard InChI is InChI=1S/C23H31N7O4S2/c1-4-25-36(32,33)19-13-17(26-20-11-12-24-28-20)9-10-18(19)22-30-29-21(35-22)15-5-7-16(8-6-15)27-23(31)34-14(2)3/h9-16,25H,4-8H2,1-3H3,(H,27,31)(H2,24,26,28). The van der Waals surface area contributed by atoms with E-state index in [1.54, 1.807) is 37.4 Å². The number of hydrogen-bond donors (Lipinski definition) is 4. The van der Waals surface area contributed by atoms with E-state index in [1.165, 1.54) is 11.3 Å².